The monoisotopic (exact) mass is 270 g/mol. The van der Waals surface area contributed by atoms with Crippen LogP contribution in [-0.4, -0.2) is 11.5 Å². The fourth-order valence-electron chi connectivity index (χ4n) is 1.78. The summed E-state index contributed by atoms with van der Waals surface area (Å²) in [5.74, 6) is 0. The molecule has 15 heavy (non-hydrogen) atoms. The smallest absolute Gasteiger partial charge is 0.270 e. The van der Waals surface area contributed by atoms with Crippen molar-refractivity contribution in [1.82, 2.24) is 0 Å². The van der Waals surface area contributed by atoms with Crippen LogP contribution >= 0.6 is 15.9 Å². The Morgan fingerprint density at radius 3 is 2.60 bits per heavy atom. The second-order valence-electron chi connectivity index (χ2n) is 3.91. The van der Waals surface area contributed by atoms with Crippen LogP contribution in [0, 0.1) is 10.1 Å². The SMILES string of the molecule is NCC1(c2ccc([N+](=O)[O-])cc2Br)CC1. The van der Waals surface area contributed by atoms with E-state index in [0.29, 0.717) is 6.54 Å². The highest BCUT2D eigenvalue weighted by molar-refractivity contribution is 9.10. The fourth-order valence-corrected chi connectivity index (χ4v) is 2.57. The Balaban J connectivity index is 2.39. The molecule has 0 heterocycles. The number of nitro benzene ring substituents is 1. The Morgan fingerprint density at radius 2 is 2.20 bits per heavy atom. The molecule has 1 aliphatic carbocycles. The molecular formula is C10H11BrN2O2. The van der Waals surface area contributed by atoms with Crippen LogP contribution in [0.2, 0.25) is 0 Å². The van der Waals surface area contributed by atoms with Gasteiger partial charge in [0.2, 0.25) is 0 Å². The van der Waals surface area contributed by atoms with Gasteiger partial charge in [0.25, 0.3) is 5.69 Å². The summed E-state index contributed by atoms with van der Waals surface area (Å²) in [5.41, 5.74) is 6.98. The summed E-state index contributed by atoms with van der Waals surface area (Å²) in [6, 6.07) is 4.89. The lowest BCUT2D eigenvalue weighted by Crippen LogP contribution is -2.20. The Labute approximate surface area is 95.7 Å². The normalized spacial score (nSPS) is 17.5. The summed E-state index contributed by atoms with van der Waals surface area (Å²) < 4.78 is 0.791. The number of nitrogens with two attached hydrogens (primary N) is 1. The van der Waals surface area contributed by atoms with Gasteiger partial charge >= 0.3 is 0 Å². The van der Waals surface area contributed by atoms with Gasteiger partial charge in [-0.15, -0.1) is 0 Å². The number of non-ortho nitro benzene ring substituents is 1. The summed E-state index contributed by atoms with van der Waals surface area (Å²) in [5, 5.41) is 10.6. The van der Waals surface area contributed by atoms with Crippen molar-refractivity contribution < 1.29 is 4.92 Å². The molecule has 0 amide bonds. The van der Waals surface area contributed by atoms with Crippen molar-refractivity contribution in [2.45, 2.75) is 18.3 Å². The third kappa shape index (κ3) is 1.77. The number of hydrogen-bond donors (Lipinski definition) is 1. The van der Waals surface area contributed by atoms with E-state index < -0.39 is 4.92 Å². The maximum absolute atomic E-state index is 10.6. The first-order valence-electron chi connectivity index (χ1n) is 4.73. The number of halogens is 1. The molecule has 0 radical (unpaired) electrons. The lowest BCUT2D eigenvalue weighted by atomic mass is 9.96. The topological polar surface area (TPSA) is 69.2 Å². The van der Waals surface area contributed by atoms with Gasteiger partial charge in [-0.25, -0.2) is 0 Å². The highest BCUT2D eigenvalue weighted by Crippen LogP contribution is 2.50. The van der Waals surface area contributed by atoms with Gasteiger partial charge in [0.1, 0.15) is 0 Å². The number of nitro groups is 1. The third-order valence-electron chi connectivity index (χ3n) is 2.98. The quantitative estimate of drug-likeness (QED) is 0.677. The molecule has 4 nitrogen and oxygen atoms in total. The predicted molar refractivity (Wildman–Crippen MR) is 60.8 cm³/mol. The zero-order chi connectivity index (χ0) is 11.1. The van der Waals surface area contributed by atoms with Crippen molar-refractivity contribution >= 4 is 21.6 Å². The molecule has 1 aromatic carbocycles. The van der Waals surface area contributed by atoms with E-state index in [0.717, 1.165) is 22.9 Å². The zero-order valence-electron chi connectivity index (χ0n) is 8.07. The summed E-state index contributed by atoms with van der Waals surface area (Å²) in [6.07, 6.45) is 2.14. The van der Waals surface area contributed by atoms with Gasteiger partial charge in [0.05, 0.1) is 4.92 Å². The minimum absolute atomic E-state index is 0.0635. The number of benzene rings is 1. The van der Waals surface area contributed by atoms with Crippen LogP contribution in [0.1, 0.15) is 18.4 Å². The lowest BCUT2D eigenvalue weighted by molar-refractivity contribution is -0.384. The largest absolute Gasteiger partial charge is 0.330 e. The molecule has 80 valence electrons. The second-order valence-corrected chi connectivity index (χ2v) is 4.76. The molecule has 1 aromatic rings. The van der Waals surface area contributed by atoms with Crippen molar-refractivity contribution in [1.29, 1.82) is 0 Å². The van der Waals surface area contributed by atoms with Crippen molar-refractivity contribution in [2.24, 2.45) is 5.73 Å². The standard InChI is InChI=1S/C10H11BrN2O2/c11-9-5-7(13(14)15)1-2-8(9)10(6-12)3-4-10/h1-2,5H,3-4,6,12H2. The van der Waals surface area contributed by atoms with Crippen LogP contribution in [0.25, 0.3) is 0 Å². The van der Waals surface area contributed by atoms with Crippen molar-refractivity contribution in [3.63, 3.8) is 0 Å². The molecule has 0 bridgehead atoms. The number of nitrogens with zero attached hydrogens (tertiary/aromatic N) is 1. The Kier molecular flexibility index (Phi) is 2.52. The van der Waals surface area contributed by atoms with Crippen LogP contribution < -0.4 is 5.73 Å². The molecule has 1 aliphatic rings. The second kappa shape index (κ2) is 3.57. The van der Waals surface area contributed by atoms with Gasteiger partial charge in [0.15, 0.2) is 0 Å². The van der Waals surface area contributed by atoms with E-state index in [1.54, 1.807) is 6.07 Å². The Bertz CT molecular complexity index is 416. The molecule has 2 N–H and O–H groups in total. The minimum Gasteiger partial charge on any atom is -0.330 e. The average Bonchev–Trinajstić information content (AvgIpc) is 2.98. The Hall–Kier alpha value is -0.940. The minimum atomic E-state index is -0.392. The van der Waals surface area contributed by atoms with Gasteiger partial charge in [-0.05, 0) is 18.4 Å². The third-order valence-corrected chi connectivity index (χ3v) is 3.64. The molecule has 5 heteroatoms. The first-order valence-corrected chi connectivity index (χ1v) is 5.53. The van der Waals surface area contributed by atoms with Crippen LogP contribution in [0.4, 0.5) is 5.69 Å². The van der Waals surface area contributed by atoms with E-state index in [-0.39, 0.29) is 11.1 Å². The first-order chi connectivity index (χ1) is 7.09. The zero-order valence-corrected chi connectivity index (χ0v) is 9.66. The lowest BCUT2D eigenvalue weighted by Gasteiger charge is -2.14. The van der Waals surface area contributed by atoms with E-state index in [1.165, 1.54) is 6.07 Å². The van der Waals surface area contributed by atoms with E-state index >= 15 is 0 Å². The highest BCUT2D eigenvalue weighted by Gasteiger charge is 2.44. The van der Waals surface area contributed by atoms with Gasteiger partial charge in [-0.1, -0.05) is 22.0 Å². The van der Waals surface area contributed by atoms with Gasteiger partial charge in [0, 0.05) is 28.6 Å². The molecule has 0 atom stereocenters. The summed E-state index contributed by atoms with van der Waals surface area (Å²) >= 11 is 3.37. The molecule has 0 unspecified atom stereocenters. The predicted octanol–water partition coefficient (Wildman–Crippen LogP) is 2.35. The summed E-state index contributed by atoms with van der Waals surface area (Å²) in [4.78, 5) is 10.2. The van der Waals surface area contributed by atoms with Crippen LogP contribution in [-0.2, 0) is 5.41 Å². The van der Waals surface area contributed by atoms with E-state index in [9.17, 15) is 10.1 Å². The van der Waals surface area contributed by atoms with Crippen molar-refractivity contribution in [3.8, 4) is 0 Å². The molecule has 1 saturated carbocycles. The molecule has 0 saturated heterocycles. The fraction of sp³-hybridized carbons (Fsp3) is 0.400. The maximum atomic E-state index is 10.6. The van der Waals surface area contributed by atoms with Crippen LogP contribution in [0.15, 0.2) is 22.7 Å². The van der Waals surface area contributed by atoms with Crippen LogP contribution in [0.5, 0.6) is 0 Å². The molecule has 1 fully saturated rings. The van der Waals surface area contributed by atoms with Gasteiger partial charge in [-0.3, -0.25) is 10.1 Å². The van der Waals surface area contributed by atoms with Crippen LogP contribution in [0.3, 0.4) is 0 Å². The summed E-state index contributed by atoms with van der Waals surface area (Å²) in [7, 11) is 0. The highest BCUT2D eigenvalue weighted by atomic mass is 79.9. The van der Waals surface area contributed by atoms with E-state index in [1.807, 2.05) is 6.07 Å². The average molecular weight is 271 g/mol. The molecule has 0 spiro atoms. The molecular weight excluding hydrogens is 260 g/mol. The molecule has 0 aliphatic heterocycles. The molecule has 2 rings (SSSR count). The number of rotatable bonds is 3. The van der Waals surface area contributed by atoms with Gasteiger partial charge in [-0.2, -0.15) is 0 Å². The summed E-state index contributed by atoms with van der Waals surface area (Å²) in [6.45, 7) is 0.601. The Morgan fingerprint density at radius 1 is 1.53 bits per heavy atom. The maximum Gasteiger partial charge on any atom is 0.270 e. The molecule has 0 aromatic heterocycles. The van der Waals surface area contributed by atoms with Gasteiger partial charge < -0.3 is 5.73 Å². The van der Waals surface area contributed by atoms with E-state index in [4.69, 9.17) is 5.73 Å². The van der Waals surface area contributed by atoms with Crippen molar-refractivity contribution in [2.75, 3.05) is 6.54 Å². The first kappa shape index (κ1) is 10.6. The van der Waals surface area contributed by atoms with Crippen molar-refractivity contribution in [3.05, 3.63) is 38.3 Å². The van der Waals surface area contributed by atoms with E-state index in [2.05, 4.69) is 15.9 Å². The number of hydrogen-bond acceptors (Lipinski definition) is 3.